The molecule has 4 aliphatic carbocycles. The molecule has 6 N–H and O–H groups in total. The van der Waals surface area contributed by atoms with Crippen molar-refractivity contribution >= 4 is 0 Å². The maximum Gasteiger partial charge on any atom is 0.163 e. The molecule has 1 saturated heterocycles. The van der Waals surface area contributed by atoms with Crippen LogP contribution in [0.4, 0.5) is 0 Å². The largest absolute Gasteiger partial charge is 0.564 e. The summed E-state index contributed by atoms with van der Waals surface area (Å²) in [6.45, 7) is 7.57. The molecule has 0 radical (unpaired) electrons. The van der Waals surface area contributed by atoms with Gasteiger partial charge in [0.1, 0.15) is 0 Å². The van der Waals surface area contributed by atoms with Gasteiger partial charge < -0.3 is 15.4 Å². The fourth-order valence-corrected chi connectivity index (χ4v) is 9.46. The zero-order chi connectivity index (χ0) is 24.6. The van der Waals surface area contributed by atoms with Crippen LogP contribution in [0, 0.1) is 39.7 Å². The molecule has 0 aromatic rings. The van der Waals surface area contributed by atoms with Gasteiger partial charge in [0.05, 0.1) is 17.4 Å². The number of quaternary nitrogens is 1. The lowest BCUT2D eigenvalue weighted by molar-refractivity contribution is -1.21. The monoisotopic (exact) mass is 479 g/mol. The van der Waals surface area contributed by atoms with E-state index < -0.39 is 22.7 Å². The highest BCUT2D eigenvalue weighted by Crippen LogP contribution is 2.69. The van der Waals surface area contributed by atoms with Gasteiger partial charge in [-0.25, -0.2) is 0 Å². The zero-order valence-corrected chi connectivity index (χ0v) is 21.1. The quantitative estimate of drug-likeness (QED) is 0.208. The summed E-state index contributed by atoms with van der Waals surface area (Å²) >= 11 is 0. The molecule has 34 heavy (non-hydrogen) atoms. The van der Waals surface area contributed by atoms with Crippen LogP contribution in [0.3, 0.4) is 0 Å². The summed E-state index contributed by atoms with van der Waals surface area (Å²) in [5.74, 6) is 0.856. The summed E-state index contributed by atoms with van der Waals surface area (Å²) < 4.78 is 0. The summed E-state index contributed by atoms with van der Waals surface area (Å²) in [5, 5.41) is 61.3. The molecule has 1 heterocycles. The van der Waals surface area contributed by atoms with Gasteiger partial charge in [-0.05, 0) is 98.9 Å². The highest BCUT2D eigenvalue weighted by atomic mass is 17.1. The normalized spacial score (nSPS) is 50.1. The van der Waals surface area contributed by atoms with E-state index in [1.807, 2.05) is 6.08 Å². The van der Waals surface area contributed by atoms with Crippen molar-refractivity contribution < 1.29 is 25.6 Å². The third-order valence-corrected chi connectivity index (χ3v) is 11.2. The highest BCUT2D eigenvalue weighted by Gasteiger charge is 2.66. The number of hydrogen-bond acceptors (Lipinski definition) is 7. The molecule has 0 amide bonds. The molecule has 8 heteroatoms. The average molecular weight is 480 g/mol. The van der Waals surface area contributed by atoms with E-state index in [1.54, 1.807) is 6.92 Å². The minimum atomic E-state index is -2.34. The molecular weight excluding hydrogens is 434 g/mol. The second-order valence-corrected chi connectivity index (χ2v) is 13.1. The summed E-state index contributed by atoms with van der Waals surface area (Å²) in [4.78, 5) is -2.34. The van der Waals surface area contributed by atoms with Crippen molar-refractivity contribution in [1.29, 1.82) is 0 Å². The molecule has 8 nitrogen and oxygen atoms in total. The number of rotatable bonds is 4. The predicted octanol–water partition coefficient (Wildman–Crippen LogP) is 3.05. The van der Waals surface area contributed by atoms with Crippen LogP contribution in [0.5, 0.6) is 0 Å². The maximum atomic E-state index is 12.1. The average Bonchev–Trinajstić information content (AvgIpc) is 3.36. The first kappa shape index (κ1) is 25.1. The highest BCUT2D eigenvalue weighted by molar-refractivity contribution is 5.20. The van der Waals surface area contributed by atoms with Crippen molar-refractivity contribution in [3.8, 4) is 0 Å². The van der Waals surface area contributed by atoms with Gasteiger partial charge in [0, 0.05) is 19.0 Å². The van der Waals surface area contributed by atoms with Crippen LogP contribution >= 0.6 is 0 Å². The van der Waals surface area contributed by atoms with Crippen LogP contribution in [0.2, 0.25) is 0 Å². The number of hydroxylamine groups is 3. The van der Waals surface area contributed by atoms with Gasteiger partial charge >= 0.3 is 0 Å². The summed E-state index contributed by atoms with van der Waals surface area (Å²) in [6, 6.07) is 0. The van der Waals surface area contributed by atoms with Gasteiger partial charge in [-0.3, -0.25) is 10.6 Å². The van der Waals surface area contributed by atoms with Crippen LogP contribution in [0.1, 0.15) is 78.6 Å². The second-order valence-electron chi connectivity index (χ2n) is 13.1. The number of nitrogens with zero attached hydrogens (tertiary/aromatic N) is 1. The summed E-state index contributed by atoms with van der Waals surface area (Å²) in [7, 11) is 0. The summed E-state index contributed by atoms with van der Waals surface area (Å²) in [6.07, 6.45) is 10.5. The fourth-order valence-electron chi connectivity index (χ4n) is 9.46. The van der Waals surface area contributed by atoms with E-state index in [1.165, 1.54) is 0 Å². The first-order valence-electron chi connectivity index (χ1n) is 13.4. The molecule has 1 unspecified atom stereocenters. The number of nitrogens with one attached hydrogen (secondary N) is 2. The van der Waals surface area contributed by atoms with Crippen molar-refractivity contribution in [2.75, 3.05) is 19.6 Å². The Kier molecular flexibility index (Phi) is 6.06. The van der Waals surface area contributed by atoms with E-state index in [0.29, 0.717) is 29.7 Å². The molecule has 5 rings (SSSR count). The Morgan fingerprint density at radius 1 is 1.00 bits per heavy atom. The van der Waals surface area contributed by atoms with Gasteiger partial charge in [0.15, 0.2) is 6.54 Å². The Labute approximate surface area is 203 Å². The van der Waals surface area contributed by atoms with Gasteiger partial charge in [-0.15, -0.1) is 0 Å². The van der Waals surface area contributed by atoms with Crippen molar-refractivity contribution in [2.24, 2.45) is 34.5 Å². The zero-order valence-electron chi connectivity index (χ0n) is 21.1. The van der Waals surface area contributed by atoms with Crippen LogP contribution in [-0.4, -0.2) is 62.6 Å². The number of hydrogen-bond donors (Lipinski definition) is 6. The Hall–Kier alpha value is -0.580. The third kappa shape index (κ3) is 3.80. The molecule has 0 spiro atoms. The van der Waals surface area contributed by atoms with Crippen molar-refractivity contribution in [3.05, 3.63) is 16.9 Å². The molecular formula is C26H45N3O5. The molecule has 4 saturated carbocycles. The van der Waals surface area contributed by atoms with Crippen LogP contribution < -0.4 is 10.6 Å². The van der Waals surface area contributed by atoms with Crippen LogP contribution in [0.25, 0.3) is 0 Å². The van der Waals surface area contributed by atoms with Crippen molar-refractivity contribution in [1.82, 2.24) is 10.6 Å². The topological polar surface area (TPSA) is 128 Å². The van der Waals surface area contributed by atoms with E-state index in [-0.39, 0.29) is 22.9 Å². The Morgan fingerprint density at radius 3 is 2.38 bits per heavy atom. The first-order valence-corrected chi connectivity index (χ1v) is 13.4. The van der Waals surface area contributed by atoms with Crippen molar-refractivity contribution in [3.63, 3.8) is 0 Å². The molecule has 8 atom stereocenters. The molecule has 5 aliphatic rings. The van der Waals surface area contributed by atoms with Crippen molar-refractivity contribution in [2.45, 2.75) is 95.9 Å². The predicted molar refractivity (Wildman–Crippen MR) is 127 cm³/mol. The van der Waals surface area contributed by atoms with Gasteiger partial charge in [0.25, 0.3) is 0 Å². The Morgan fingerprint density at radius 2 is 1.71 bits per heavy atom. The smallest absolute Gasteiger partial charge is 0.163 e. The molecule has 0 aromatic carbocycles. The van der Waals surface area contributed by atoms with E-state index in [0.717, 1.165) is 64.5 Å². The van der Waals surface area contributed by atoms with Gasteiger partial charge in [0.2, 0.25) is 0 Å². The van der Waals surface area contributed by atoms with E-state index in [9.17, 15) is 25.8 Å². The standard InChI is InChI=1S/C26H45N3O5/c1-17(16-29(32,33)34)13-19-14-24(3)18(15-25(19,30)22-27-11-12-28-22)5-6-21-20(24)7-10-23(2)8-4-9-26(21,23)31/h13,18-22,27-28,30-33H,4-12,14-16H2,1-3H3/t18-,19?,20+,21-,23+,24+,25-,26+/m1/s1. The lowest BCUT2D eigenvalue weighted by Gasteiger charge is -2.65. The molecule has 0 aromatic heterocycles. The lowest BCUT2D eigenvalue weighted by atomic mass is 9.42. The van der Waals surface area contributed by atoms with Crippen LogP contribution in [0.15, 0.2) is 11.6 Å². The Bertz CT molecular complexity index is 826. The van der Waals surface area contributed by atoms with E-state index in [4.69, 9.17) is 0 Å². The third-order valence-electron chi connectivity index (χ3n) is 11.2. The fraction of sp³-hybridized carbons (Fsp3) is 0.923. The number of fused-ring (bicyclic) bond motifs is 5. The minimum absolute atomic E-state index is 0.0172. The summed E-state index contributed by atoms with van der Waals surface area (Å²) in [5.41, 5.74) is -1.03. The molecule has 1 aliphatic heterocycles. The SMILES string of the molecule is CC(=CC1C[C@@]2(C)[C@H](CC[C@@H]3[C@@H]2CC[C@]2(C)CCC[C@]32O)C[C@]1(O)C1NCCN1)C[N+]([O-])(O)O. The molecule has 5 fully saturated rings. The Balaban J connectivity index is 1.49. The second kappa shape index (κ2) is 8.21. The molecule has 194 valence electrons. The van der Waals surface area contributed by atoms with Gasteiger partial charge in [-0.2, -0.15) is 10.4 Å². The number of aliphatic hydroxyl groups is 2. The van der Waals surface area contributed by atoms with E-state index >= 15 is 0 Å². The molecule has 0 bridgehead atoms. The lowest BCUT2D eigenvalue weighted by Crippen LogP contribution is -2.67. The van der Waals surface area contributed by atoms with Crippen LogP contribution in [-0.2, 0) is 0 Å². The van der Waals surface area contributed by atoms with Gasteiger partial charge in [-0.1, -0.05) is 24.9 Å². The maximum absolute atomic E-state index is 12.1. The first-order chi connectivity index (χ1) is 15.8. The minimum Gasteiger partial charge on any atom is -0.564 e. The van der Waals surface area contributed by atoms with E-state index in [2.05, 4.69) is 24.5 Å².